The fraction of sp³-hybridized carbons (Fsp3) is 0.0556. The van der Waals surface area contributed by atoms with E-state index in [-0.39, 0.29) is 0 Å². The summed E-state index contributed by atoms with van der Waals surface area (Å²) >= 11 is 0. The smallest absolute Gasteiger partial charge is 0.166 e. The summed E-state index contributed by atoms with van der Waals surface area (Å²) < 4.78 is 1.81. The maximum Gasteiger partial charge on any atom is 0.166 e. The highest BCUT2D eigenvalue weighted by Crippen LogP contribution is 2.32. The van der Waals surface area contributed by atoms with Crippen LogP contribution < -0.4 is 0 Å². The van der Waals surface area contributed by atoms with Gasteiger partial charge in [0, 0.05) is 47.7 Å². The van der Waals surface area contributed by atoms with Crippen molar-refractivity contribution in [2.75, 3.05) is 0 Å². The van der Waals surface area contributed by atoms with Crippen molar-refractivity contribution in [3.05, 3.63) is 60.7 Å². The van der Waals surface area contributed by atoms with Gasteiger partial charge in [0.1, 0.15) is 5.69 Å². The monoisotopic (exact) mass is 302 g/mol. The maximum atomic E-state index is 10.9. The fourth-order valence-electron chi connectivity index (χ4n) is 2.81. The molecule has 0 aliphatic rings. The van der Waals surface area contributed by atoms with Crippen LogP contribution in [0.25, 0.3) is 33.3 Å². The van der Waals surface area contributed by atoms with E-state index in [4.69, 9.17) is 0 Å². The number of pyridine rings is 1. The second-order valence-corrected chi connectivity index (χ2v) is 5.45. The lowest BCUT2D eigenvalue weighted by Crippen LogP contribution is -1.87. The molecular formula is C18H14N4O. The first-order chi connectivity index (χ1) is 11.2. The largest absolute Gasteiger partial charge is 0.352 e. The minimum atomic E-state index is 0.581. The maximum absolute atomic E-state index is 10.9. The lowest BCUT2D eigenvalue weighted by atomic mass is 10.0. The minimum Gasteiger partial charge on any atom is -0.352 e. The molecule has 4 rings (SSSR count). The number of aryl methyl sites for hydroxylation is 1. The molecule has 0 atom stereocenters. The number of nitrogens with one attached hydrogen (secondary N) is 1. The number of benzene rings is 1. The summed E-state index contributed by atoms with van der Waals surface area (Å²) in [5.41, 5.74) is 5.59. The Morgan fingerprint density at radius 2 is 1.91 bits per heavy atom. The Morgan fingerprint density at radius 1 is 1.09 bits per heavy atom. The van der Waals surface area contributed by atoms with E-state index in [0.717, 1.165) is 39.6 Å². The first-order valence-electron chi connectivity index (χ1n) is 7.27. The number of aromatic amines is 1. The van der Waals surface area contributed by atoms with Crippen LogP contribution >= 0.6 is 0 Å². The van der Waals surface area contributed by atoms with Gasteiger partial charge in [0.05, 0.1) is 5.69 Å². The Hall–Kier alpha value is -3.21. The summed E-state index contributed by atoms with van der Waals surface area (Å²) in [4.78, 5) is 18.1. The molecule has 0 aliphatic carbocycles. The van der Waals surface area contributed by atoms with Crippen LogP contribution in [0.5, 0.6) is 0 Å². The topological polar surface area (TPSA) is 63.6 Å². The van der Waals surface area contributed by atoms with E-state index in [2.05, 4.69) is 21.1 Å². The molecule has 0 spiro atoms. The van der Waals surface area contributed by atoms with Crippen LogP contribution in [0.3, 0.4) is 0 Å². The number of H-pyrrole nitrogens is 1. The molecule has 5 heteroatoms. The lowest BCUT2D eigenvalue weighted by molar-refractivity contribution is 0.112. The van der Waals surface area contributed by atoms with Crippen molar-refractivity contribution in [3.8, 4) is 22.4 Å². The Balaban J connectivity index is 1.89. The molecule has 3 aromatic heterocycles. The summed E-state index contributed by atoms with van der Waals surface area (Å²) in [6, 6.07) is 11.8. The van der Waals surface area contributed by atoms with Crippen LogP contribution in [0, 0.1) is 0 Å². The van der Waals surface area contributed by atoms with Crippen LogP contribution in [0.1, 0.15) is 10.5 Å². The van der Waals surface area contributed by atoms with Gasteiger partial charge < -0.3 is 4.98 Å². The fourth-order valence-corrected chi connectivity index (χ4v) is 2.81. The van der Waals surface area contributed by atoms with Gasteiger partial charge in [-0.2, -0.15) is 5.10 Å². The second kappa shape index (κ2) is 5.21. The second-order valence-electron chi connectivity index (χ2n) is 5.45. The van der Waals surface area contributed by atoms with Gasteiger partial charge in [-0.15, -0.1) is 0 Å². The lowest BCUT2D eigenvalue weighted by Gasteiger charge is -2.03. The predicted molar refractivity (Wildman–Crippen MR) is 89.1 cm³/mol. The van der Waals surface area contributed by atoms with Gasteiger partial charge in [-0.3, -0.25) is 14.5 Å². The van der Waals surface area contributed by atoms with Gasteiger partial charge in [0.2, 0.25) is 0 Å². The Labute approximate surface area is 132 Å². The molecule has 0 fully saturated rings. The normalized spacial score (nSPS) is 11.0. The molecular weight excluding hydrogens is 288 g/mol. The average molecular weight is 302 g/mol. The van der Waals surface area contributed by atoms with Crippen molar-refractivity contribution in [2.45, 2.75) is 0 Å². The first-order valence-corrected chi connectivity index (χ1v) is 7.27. The molecule has 112 valence electrons. The zero-order chi connectivity index (χ0) is 15.8. The number of carbonyl (C=O) groups is 1. The zero-order valence-corrected chi connectivity index (χ0v) is 12.5. The van der Waals surface area contributed by atoms with Crippen LogP contribution in [-0.4, -0.2) is 26.0 Å². The minimum absolute atomic E-state index is 0.581. The van der Waals surface area contributed by atoms with Crippen LogP contribution in [0.2, 0.25) is 0 Å². The molecule has 0 aliphatic heterocycles. The number of aldehydes is 1. The third-order valence-corrected chi connectivity index (χ3v) is 3.86. The van der Waals surface area contributed by atoms with Gasteiger partial charge >= 0.3 is 0 Å². The highest BCUT2D eigenvalue weighted by Gasteiger charge is 2.13. The predicted octanol–water partition coefficient (Wildman–Crippen LogP) is 3.44. The van der Waals surface area contributed by atoms with Crippen LogP contribution in [0.4, 0.5) is 0 Å². The molecule has 0 bridgehead atoms. The molecule has 23 heavy (non-hydrogen) atoms. The molecule has 5 nitrogen and oxygen atoms in total. The molecule has 1 N–H and O–H groups in total. The van der Waals surface area contributed by atoms with Crippen LogP contribution in [-0.2, 0) is 7.05 Å². The summed E-state index contributed by atoms with van der Waals surface area (Å²) in [5.74, 6) is 0. The third kappa shape index (κ3) is 2.32. The van der Waals surface area contributed by atoms with Crippen molar-refractivity contribution in [2.24, 2.45) is 7.05 Å². The molecule has 3 heterocycles. The Bertz CT molecular complexity index is 998. The number of aromatic nitrogens is 4. The van der Waals surface area contributed by atoms with Gasteiger partial charge in [-0.1, -0.05) is 6.07 Å². The van der Waals surface area contributed by atoms with Crippen molar-refractivity contribution in [3.63, 3.8) is 0 Å². The summed E-state index contributed by atoms with van der Waals surface area (Å²) in [5, 5.41) is 5.59. The zero-order valence-electron chi connectivity index (χ0n) is 12.5. The van der Waals surface area contributed by atoms with Gasteiger partial charge in [0.15, 0.2) is 6.29 Å². The molecule has 0 saturated heterocycles. The van der Waals surface area contributed by atoms with E-state index in [9.17, 15) is 4.79 Å². The number of nitrogens with zero attached hydrogens (tertiary/aromatic N) is 3. The van der Waals surface area contributed by atoms with Gasteiger partial charge in [0.25, 0.3) is 0 Å². The molecule has 4 aromatic rings. The van der Waals surface area contributed by atoms with Crippen molar-refractivity contribution < 1.29 is 4.79 Å². The van der Waals surface area contributed by atoms with Crippen molar-refractivity contribution in [1.29, 1.82) is 0 Å². The van der Waals surface area contributed by atoms with Gasteiger partial charge in [-0.25, -0.2) is 0 Å². The number of carbonyl (C=O) groups excluding carboxylic acids is 1. The SMILES string of the molecule is Cn1cc(-c2ccc3[nH]c(C=O)cc3c2)c(-c2ccncc2)n1. The highest BCUT2D eigenvalue weighted by atomic mass is 16.1. The Kier molecular flexibility index (Phi) is 3.05. The van der Waals surface area contributed by atoms with E-state index in [0.29, 0.717) is 5.69 Å². The molecule has 1 aromatic carbocycles. The van der Waals surface area contributed by atoms with Gasteiger partial charge in [-0.05, 0) is 35.9 Å². The van der Waals surface area contributed by atoms with E-state index in [1.807, 2.05) is 48.3 Å². The van der Waals surface area contributed by atoms with E-state index in [1.165, 1.54) is 0 Å². The molecule has 0 unspecified atom stereocenters. The number of hydrogen-bond donors (Lipinski definition) is 1. The number of hydrogen-bond acceptors (Lipinski definition) is 3. The Morgan fingerprint density at radius 3 is 2.70 bits per heavy atom. The standard InChI is InChI=1S/C18H14N4O/c1-22-10-16(18(21-22)12-4-6-19-7-5-12)13-2-3-17-14(8-13)9-15(11-23)20-17/h2-11,20H,1H3. The number of fused-ring (bicyclic) bond motifs is 1. The molecule has 0 radical (unpaired) electrons. The highest BCUT2D eigenvalue weighted by molar-refractivity contribution is 5.92. The van der Waals surface area contributed by atoms with E-state index in [1.54, 1.807) is 12.4 Å². The quantitative estimate of drug-likeness (QED) is 0.590. The molecule has 0 amide bonds. The van der Waals surface area contributed by atoms with Crippen molar-refractivity contribution >= 4 is 17.2 Å². The van der Waals surface area contributed by atoms with E-state index >= 15 is 0 Å². The summed E-state index contributed by atoms with van der Waals surface area (Å²) in [6.45, 7) is 0. The van der Waals surface area contributed by atoms with E-state index < -0.39 is 0 Å². The summed E-state index contributed by atoms with van der Waals surface area (Å²) in [6.07, 6.45) is 6.36. The third-order valence-electron chi connectivity index (χ3n) is 3.86. The molecule has 0 saturated carbocycles. The average Bonchev–Trinajstić information content (AvgIpc) is 3.17. The van der Waals surface area contributed by atoms with Crippen LogP contribution in [0.15, 0.2) is 55.0 Å². The van der Waals surface area contributed by atoms with Crippen molar-refractivity contribution in [1.82, 2.24) is 19.7 Å². The number of rotatable bonds is 3. The first kappa shape index (κ1) is 13.5. The summed E-state index contributed by atoms with van der Waals surface area (Å²) in [7, 11) is 1.91.